The number of rotatable bonds is 14. The predicted octanol–water partition coefficient (Wildman–Crippen LogP) is 6.35. The van der Waals surface area contributed by atoms with Gasteiger partial charge in [-0.1, -0.05) is 78.4 Å². The normalized spacial score (nSPS) is 13.3. The second kappa shape index (κ2) is 12.5. The monoisotopic (exact) mass is 381 g/mol. The highest BCUT2D eigenvalue weighted by Gasteiger charge is 2.23. The summed E-state index contributed by atoms with van der Waals surface area (Å²) in [5.41, 5.74) is 1.21. The van der Waals surface area contributed by atoms with Gasteiger partial charge in [-0.2, -0.15) is 4.31 Å². The zero-order valence-electron chi connectivity index (χ0n) is 17.3. The summed E-state index contributed by atoms with van der Waals surface area (Å²) in [7, 11) is -3.39. The van der Waals surface area contributed by atoms with Crippen LogP contribution in [-0.2, 0) is 10.0 Å². The third-order valence-corrected chi connectivity index (χ3v) is 7.13. The molecular weight excluding hydrogens is 342 g/mol. The van der Waals surface area contributed by atoms with Crippen LogP contribution < -0.4 is 0 Å². The molecule has 0 aromatic heterocycles. The van der Waals surface area contributed by atoms with Crippen molar-refractivity contribution in [3.8, 4) is 0 Å². The molecule has 150 valence electrons. The lowest BCUT2D eigenvalue weighted by atomic mass is 9.99. The predicted molar refractivity (Wildman–Crippen MR) is 112 cm³/mol. The highest BCUT2D eigenvalue weighted by atomic mass is 32.2. The summed E-state index contributed by atoms with van der Waals surface area (Å²) in [6, 6.07) is 7.55. The van der Waals surface area contributed by atoms with Crippen molar-refractivity contribution in [2.45, 2.75) is 96.3 Å². The summed E-state index contributed by atoms with van der Waals surface area (Å²) in [5, 5.41) is 0. The molecule has 0 heterocycles. The lowest BCUT2D eigenvalue weighted by molar-refractivity contribution is 0.385. The van der Waals surface area contributed by atoms with Gasteiger partial charge in [0, 0.05) is 13.1 Å². The Morgan fingerprint density at radius 2 is 1.31 bits per heavy atom. The SMILES string of the molecule is CCCCCCN(CCCCCC)S(=O)(=O)c1ccc(C(C)CC)cc1. The van der Waals surface area contributed by atoms with E-state index in [4.69, 9.17) is 0 Å². The van der Waals surface area contributed by atoms with Crippen molar-refractivity contribution < 1.29 is 8.42 Å². The zero-order chi connectivity index (χ0) is 19.4. The van der Waals surface area contributed by atoms with Crippen LogP contribution >= 0.6 is 0 Å². The van der Waals surface area contributed by atoms with Crippen LogP contribution in [-0.4, -0.2) is 25.8 Å². The molecular formula is C22H39NO2S. The van der Waals surface area contributed by atoms with Gasteiger partial charge >= 0.3 is 0 Å². The van der Waals surface area contributed by atoms with Gasteiger partial charge in [0.2, 0.25) is 10.0 Å². The maximum Gasteiger partial charge on any atom is 0.243 e. The summed E-state index contributed by atoms with van der Waals surface area (Å²) in [5.74, 6) is 0.464. The molecule has 0 fully saturated rings. The van der Waals surface area contributed by atoms with E-state index in [0.29, 0.717) is 23.9 Å². The molecule has 0 radical (unpaired) electrons. The van der Waals surface area contributed by atoms with Gasteiger partial charge in [-0.3, -0.25) is 0 Å². The minimum absolute atomic E-state index is 0.440. The van der Waals surface area contributed by atoms with Crippen LogP contribution in [0.5, 0.6) is 0 Å². The molecule has 3 nitrogen and oxygen atoms in total. The number of benzene rings is 1. The fourth-order valence-electron chi connectivity index (χ4n) is 3.14. The van der Waals surface area contributed by atoms with Crippen molar-refractivity contribution in [1.29, 1.82) is 0 Å². The average molecular weight is 382 g/mol. The quantitative estimate of drug-likeness (QED) is 0.352. The van der Waals surface area contributed by atoms with Crippen molar-refractivity contribution in [3.05, 3.63) is 29.8 Å². The lowest BCUT2D eigenvalue weighted by Gasteiger charge is -2.22. The van der Waals surface area contributed by atoms with E-state index in [0.717, 1.165) is 32.1 Å². The standard InChI is InChI=1S/C22H39NO2S/c1-5-8-10-12-18-23(19-13-11-9-6-2)26(24,25)22-16-14-21(15-17-22)20(4)7-3/h14-17,20H,5-13,18-19H2,1-4H3. The van der Waals surface area contributed by atoms with E-state index in [-0.39, 0.29) is 0 Å². The molecule has 1 aromatic rings. The van der Waals surface area contributed by atoms with E-state index in [2.05, 4.69) is 27.7 Å². The molecule has 0 aliphatic rings. The van der Waals surface area contributed by atoms with Crippen LogP contribution in [0.2, 0.25) is 0 Å². The minimum atomic E-state index is -3.39. The van der Waals surface area contributed by atoms with Crippen LogP contribution in [0.15, 0.2) is 29.2 Å². The third-order valence-electron chi connectivity index (χ3n) is 5.22. The van der Waals surface area contributed by atoms with Gasteiger partial charge in [0.05, 0.1) is 4.90 Å². The van der Waals surface area contributed by atoms with Crippen LogP contribution in [0, 0.1) is 0 Å². The first-order valence-corrected chi connectivity index (χ1v) is 12.0. The Morgan fingerprint density at radius 3 is 1.73 bits per heavy atom. The summed E-state index contributed by atoms with van der Waals surface area (Å²) < 4.78 is 28.0. The first-order valence-electron chi connectivity index (χ1n) is 10.6. The van der Waals surface area contributed by atoms with E-state index >= 15 is 0 Å². The molecule has 0 aliphatic carbocycles. The fraction of sp³-hybridized carbons (Fsp3) is 0.727. The first-order chi connectivity index (χ1) is 12.5. The fourth-order valence-corrected chi connectivity index (χ4v) is 4.65. The molecule has 0 amide bonds. The average Bonchev–Trinajstić information content (AvgIpc) is 2.66. The maximum atomic E-state index is 13.1. The van der Waals surface area contributed by atoms with Crippen molar-refractivity contribution in [2.75, 3.05) is 13.1 Å². The maximum absolute atomic E-state index is 13.1. The Morgan fingerprint density at radius 1 is 0.808 bits per heavy atom. The Labute approximate surface area is 162 Å². The molecule has 4 heteroatoms. The highest BCUT2D eigenvalue weighted by Crippen LogP contribution is 2.23. The topological polar surface area (TPSA) is 37.4 Å². The smallest absolute Gasteiger partial charge is 0.207 e. The van der Waals surface area contributed by atoms with Gasteiger partial charge in [-0.25, -0.2) is 8.42 Å². The molecule has 1 atom stereocenters. The van der Waals surface area contributed by atoms with Crippen molar-refractivity contribution >= 4 is 10.0 Å². The molecule has 1 rings (SSSR count). The first kappa shape index (κ1) is 23.2. The number of unbranched alkanes of at least 4 members (excludes halogenated alkanes) is 6. The highest BCUT2D eigenvalue weighted by molar-refractivity contribution is 7.89. The second-order valence-corrected chi connectivity index (χ2v) is 9.34. The number of nitrogens with zero attached hydrogens (tertiary/aromatic N) is 1. The summed E-state index contributed by atoms with van der Waals surface area (Å²) >= 11 is 0. The van der Waals surface area contributed by atoms with Crippen LogP contribution in [0.25, 0.3) is 0 Å². The number of hydrogen-bond acceptors (Lipinski definition) is 2. The minimum Gasteiger partial charge on any atom is -0.207 e. The van der Waals surface area contributed by atoms with Gasteiger partial charge in [0.25, 0.3) is 0 Å². The summed E-state index contributed by atoms with van der Waals surface area (Å²) in [6.45, 7) is 9.97. The van der Waals surface area contributed by atoms with Gasteiger partial charge in [0.1, 0.15) is 0 Å². The molecule has 1 unspecified atom stereocenters. The Bertz CT molecular complexity index is 569. The Balaban J connectivity index is 2.85. The van der Waals surface area contributed by atoms with Gasteiger partial charge in [-0.15, -0.1) is 0 Å². The summed E-state index contributed by atoms with van der Waals surface area (Å²) in [6.07, 6.45) is 9.85. The van der Waals surface area contributed by atoms with Crippen molar-refractivity contribution in [1.82, 2.24) is 4.31 Å². The van der Waals surface area contributed by atoms with E-state index < -0.39 is 10.0 Å². The van der Waals surface area contributed by atoms with Crippen molar-refractivity contribution in [2.24, 2.45) is 0 Å². The van der Waals surface area contributed by atoms with Crippen LogP contribution in [0.1, 0.15) is 97.0 Å². The number of hydrogen-bond donors (Lipinski definition) is 0. The van der Waals surface area contributed by atoms with Crippen LogP contribution in [0.4, 0.5) is 0 Å². The van der Waals surface area contributed by atoms with E-state index in [1.807, 2.05) is 12.1 Å². The van der Waals surface area contributed by atoms with Gasteiger partial charge < -0.3 is 0 Å². The van der Waals surface area contributed by atoms with Crippen molar-refractivity contribution in [3.63, 3.8) is 0 Å². The molecule has 0 saturated heterocycles. The van der Waals surface area contributed by atoms with Gasteiger partial charge in [-0.05, 0) is 42.9 Å². The summed E-state index contributed by atoms with van der Waals surface area (Å²) in [4.78, 5) is 0.440. The molecule has 0 bridgehead atoms. The molecule has 0 spiro atoms. The third kappa shape index (κ3) is 7.40. The van der Waals surface area contributed by atoms with E-state index in [1.165, 1.54) is 31.2 Å². The van der Waals surface area contributed by atoms with E-state index in [1.54, 1.807) is 16.4 Å². The molecule has 1 aromatic carbocycles. The molecule has 0 aliphatic heterocycles. The second-order valence-electron chi connectivity index (χ2n) is 7.40. The molecule has 26 heavy (non-hydrogen) atoms. The van der Waals surface area contributed by atoms with Gasteiger partial charge in [0.15, 0.2) is 0 Å². The van der Waals surface area contributed by atoms with E-state index in [9.17, 15) is 8.42 Å². The zero-order valence-corrected chi connectivity index (χ0v) is 18.2. The number of sulfonamides is 1. The Hall–Kier alpha value is -0.870. The van der Waals surface area contributed by atoms with Crippen LogP contribution in [0.3, 0.4) is 0 Å². The lowest BCUT2D eigenvalue weighted by Crippen LogP contribution is -2.33. The molecule has 0 N–H and O–H groups in total. The largest absolute Gasteiger partial charge is 0.243 e. The Kier molecular flexibility index (Phi) is 11.1. The molecule has 0 saturated carbocycles.